The predicted octanol–water partition coefficient (Wildman–Crippen LogP) is 4.31. The molecule has 2 aliphatic rings. The van der Waals surface area contributed by atoms with E-state index >= 15 is 0 Å². The molecular weight excluding hydrogens is 314 g/mol. The van der Waals surface area contributed by atoms with Crippen molar-refractivity contribution in [3.8, 4) is 0 Å². The Kier molecular flexibility index (Phi) is 4.48. The van der Waals surface area contributed by atoms with Crippen LogP contribution < -0.4 is 0 Å². The van der Waals surface area contributed by atoms with Gasteiger partial charge in [0.25, 0.3) is 11.6 Å². The number of rotatable bonds is 4. The van der Waals surface area contributed by atoms with E-state index in [4.69, 9.17) is 4.52 Å². The van der Waals surface area contributed by atoms with Gasteiger partial charge in [0.05, 0.1) is 16.6 Å². The molecule has 1 atom stereocenters. The van der Waals surface area contributed by atoms with Gasteiger partial charge in [-0.25, -0.2) is 4.98 Å². The lowest BCUT2D eigenvalue weighted by Crippen LogP contribution is -2.32. The summed E-state index contributed by atoms with van der Waals surface area (Å²) < 4.78 is 5.51. The highest BCUT2D eigenvalue weighted by molar-refractivity contribution is 6.06. The minimum atomic E-state index is 0.129. The SMILES string of the molecule is CCCc1noc2nc(C3CC3)cc(C(=O)N3CCC[C@@H](C)CC3)c12. The molecule has 3 heterocycles. The van der Waals surface area contributed by atoms with Crippen LogP contribution in [-0.2, 0) is 6.42 Å². The smallest absolute Gasteiger partial charge is 0.259 e. The molecule has 2 fully saturated rings. The van der Waals surface area contributed by atoms with E-state index in [0.717, 1.165) is 74.0 Å². The molecule has 2 aromatic rings. The average Bonchev–Trinajstić information content (AvgIpc) is 3.41. The molecule has 5 nitrogen and oxygen atoms in total. The minimum Gasteiger partial charge on any atom is -0.339 e. The number of nitrogens with zero attached hydrogens (tertiary/aromatic N) is 3. The van der Waals surface area contributed by atoms with E-state index < -0.39 is 0 Å². The van der Waals surface area contributed by atoms with Crippen molar-refractivity contribution in [1.29, 1.82) is 0 Å². The van der Waals surface area contributed by atoms with Crippen molar-refractivity contribution in [2.24, 2.45) is 5.92 Å². The molecule has 25 heavy (non-hydrogen) atoms. The summed E-state index contributed by atoms with van der Waals surface area (Å²) >= 11 is 0. The van der Waals surface area contributed by atoms with Crippen molar-refractivity contribution >= 4 is 17.0 Å². The van der Waals surface area contributed by atoms with Gasteiger partial charge in [-0.1, -0.05) is 25.4 Å². The van der Waals surface area contributed by atoms with Crippen LogP contribution in [0.15, 0.2) is 10.6 Å². The Morgan fingerprint density at radius 3 is 2.88 bits per heavy atom. The summed E-state index contributed by atoms with van der Waals surface area (Å²) in [7, 11) is 0. The van der Waals surface area contributed by atoms with Crippen LogP contribution in [0, 0.1) is 5.92 Å². The maximum atomic E-state index is 13.4. The fraction of sp³-hybridized carbons (Fsp3) is 0.650. The topological polar surface area (TPSA) is 59.2 Å². The highest BCUT2D eigenvalue weighted by Gasteiger charge is 2.30. The van der Waals surface area contributed by atoms with Crippen LogP contribution in [0.5, 0.6) is 0 Å². The lowest BCUT2D eigenvalue weighted by atomic mass is 10.0. The molecule has 0 unspecified atom stereocenters. The van der Waals surface area contributed by atoms with E-state index in [0.29, 0.717) is 17.5 Å². The molecule has 1 aliphatic heterocycles. The number of aromatic nitrogens is 2. The molecule has 2 aromatic heterocycles. The second-order valence-electron chi connectivity index (χ2n) is 7.76. The zero-order chi connectivity index (χ0) is 17.4. The molecule has 0 spiro atoms. The Balaban J connectivity index is 1.75. The first kappa shape index (κ1) is 16.6. The molecule has 134 valence electrons. The maximum Gasteiger partial charge on any atom is 0.259 e. The van der Waals surface area contributed by atoms with Crippen LogP contribution in [0.25, 0.3) is 11.1 Å². The molecule has 1 aliphatic carbocycles. The number of aryl methyl sites for hydroxylation is 1. The van der Waals surface area contributed by atoms with Crippen molar-refractivity contribution < 1.29 is 9.32 Å². The summed E-state index contributed by atoms with van der Waals surface area (Å²) in [4.78, 5) is 20.0. The number of carbonyl (C=O) groups is 1. The van der Waals surface area contributed by atoms with E-state index in [2.05, 4.69) is 24.0 Å². The molecule has 1 saturated heterocycles. The summed E-state index contributed by atoms with van der Waals surface area (Å²) in [6.45, 7) is 6.09. The minimum absolute atomic E-state index is 0.129. The van der Waals surface area contributed by atoms with Crippen molar-refractivity contribution in [2.45, 2.75) is 64.7 Å². The fourth-order valence-electron chi connectivity index (χ4n) is 3.83. The third kappa shape index (κ3) is 3.29. The molecule has 0 aromatic carbocycles. The van der Waals surface area contributed by atoms with Crippen molar-refractivity contribution in [3.63, 3.8) is 0 Å². The van der Waals surface area contributed by atoms with Crippen molar-refractivity contribution in [1.82, 2.24) is 15.0 Å². The molecule has 0 N–H and O–H groups in total. The van der Waals surface area contributed by atoms with E-state index in [-0.39, 0.29) is 5.91 Å². The summed E-state index contributed by atoms with van der Waals surface area (Å²) in [5.41, 5.74) is 3.17. The highest BCUT2D eigenvalue weighted by Crippen LogP contribution is 2.40. The van der Waals surface area contributed by atoms with Gasteiger partial charge in [0, 0.05) is 24.7 Å². The molecule has 0 radical (unpaired) electrons. The summed E-state index contributed by atoms with van der Waals surface area (Å²) in [6.07, 6.45) is 7.47. The number of carbonyl (C=O) groups excluding carboxylic acids is 1. The lowest BCUT2D eigenvalue weighted by Gasteiger charge is -2.21. The Labute approximate surface area is 148 Å². The Morgan fingerprint density at radius 1 is 1.28 bits per heavy atom. The average molecular weight is 341 g/mol. The predicted molar refractivity (Wildman–Crippen MR) is 96.7 cm³/mol. The van der Waals surface area contributed by atoms with Gasteiger partial charge in [-0.05, 0) is 50.5 Å². The first-order chi connectivity index (χ1) is 12.2. The maximum absolute atomic E-state index is 13.4. The molecular formula is C20H27N3O2. The van der Waals surface area contributed by atoms with E-state index in [1.165, 1.54) is 6.42 Å². The zero-order valence-electron chi connectivity index (χ0n) is 15.3. The van der Waals surface area contributed by atoms with E-state index in [9.17, 15) is 4.79 Å². The molecule has 5 heteroatoms. The Hall–Kier alpha value is -1.91. The largest absolute Gasteiger partial charge is 0.339 e. The zero-order valence-corrected chi connectivity index (χ0v) is 15.3. The Bertz CT molecular complexity index is 779. The van der Waals surface area contributed by atoms with Crippen LogP contribution >= 0.6 is 0 Å². The number of fused-ring (bicyclic) bond motifs is 1. The first-order valence-electron chi connectivity index (χ1n) is 9.75. The Morgan fingerprint density at radius 2 is 2.12 bits per heavy atom. The standard InChI is InChI=1S/C20H27N3O2/c1-3-5-16-18-15(20(24)23-10-4-6-13(2)9-11-23)12-17(14-7-8-14)21-19(18)25-22-16/h12-14H,3-11H2,1-2H3/t13-/m1/s1. The normalized spacial score (nSPS) is 21.5. The molecule has 1 amide bonds. The summed E-state index contributed by atoms with van der Waals surface area (Å²) in [6, 6.07) is 2.02. The van der Waals surface area contributed by atoms with E-state index in [1.54, 1.807) is 0 Å². The summed E-state index contributed by atoms with van der Waals surface area (Å²) in [5.74, 6) is 1.31. The summed E-state index contributed by atoms with van der Waals surface area (Å²) in [5, 5.41) is 5.06. The third-order valence-electron chi connectivity index (χ3n) is 5.55. The lowest BCUT2D eigenvalue weighted by molar-refractivity contribution is 0.0762. The van der Waals surface area contributed by atoms with Gasteiger partial charge < -0.3 is 9.42 Å². The molecule has 0 bridgehead atoms. The van der Waals surface area contributed by atoms with Gasteiger partial charge in [0.15, 0.2) is 0 Å². The quantitative estimate of drug-likeness (QED) is 0.831. The fourth-order valence-corrected chi connectivity index (χ4v) is 3.83. The molecule has 1 saturated carbocycles. The number of amides is 1. The second kappa shape index (κ2) is 6.77. The highest BCUT2D eigenvalue weighted by atomic mass is 16.5. The van der Waals surface area contributed by atoms with Crippen molar-refractivity contribution in [2.75, 3.05) is 13.1 Å². The third-order valence-corrected chi connectivity index (χ3v) is 5.55. The van der Waals surface area contributed by atoms with Crippen LogP contribution in [-0.4, -0.2) is 34.0 Å². The van der Waals surface area contributed by atoms with Gasteiger partial charge in [-0.15, -0.1) is 0 Å². The van der Waals surface area contributed by atoms with Gasteiger partial charge in [0.1, 0.15) is 0 Å². The van der Waals surface area contributed by atoms with Gasteiger partial charge in [0.2, 0.25) is 0 Å². The first-order valence-corrected chi connectivity index (χ1v) is 9.75. The second-order valence-corrected chi connectivity index (χ2v) is 7.76. The van der Waals surface area contributed by atoms with Crippen LogP contribution in [0.4, 0.5) is 0 Å². The van der Waals surface area contributed by atoms with Crippen LogP contribution in [0.2, 0.25) is 0 Å². The number of hydrogen-bond donors (Lipinski definition) is 0. The monoisotopic (exact) mass is 341 g/mol. The van der Waals surface area contributed by atoms with Crippen LogP contribution in [0.1, 0.15) is 80.0 Å². The van der Waals surface area contributed by atoms with Crippen molar-refractivity contribution in [3.05, 3.63) is 23.0 Å². The van der Waals surface area contributed by atoms with Gasteiger partial charge in [-0.3, -0.25) is 4.79 Å². The van der Waals surface area contributed by atoms with Gasteiger partial charge >= 0.3 is 0 Å². The number of likely N-dealkylation sites (tertiary alicyclic amines) is 1. The van der Waals surface area contributed by atoms with Crippen LogP contribution in [0.3, 0.4) is 0 Å². The van der Waals surface area contributed by atoms with Gasteiger partial charge in [-0.2, -0.15) is 0 Å². The van der Waals surface area contributed by atoms with E-state index in [1.807, 2.05) is 11.0 Å². The number of pyridine rings is 1. The number of hydrogen-bond acceptors (Lipinski definition) is 4. The molecule has 4 rings (SSSR count).